The summed E-state index contributed by atoms with van der Waals surface area (Å²) in [6, 6.07) is -13.5. The Morgan fingerprint density at radius 1 is 0.615 bits per heavy atom. The SMILES string of the molecule is CCC(C)C1NC(=O)C(C(C)CC(=O)O)NC(=O)C(CC(N)=O)NC(=O)CNC(=O)C(CC(=O)O)NC(=O)C(CCCCN)NC(=O)C(CC(=O)O)NC(=O)C(C)NC(=O)CN(C)C(=O)C(NC(=O)C(CC(N)=O)NC(=O)C(CCC(=O)O)NC(=O)C(Cc2c[nH]c3ccccc23)NC)C(C)OC1=O. The number of cyclic esters (lactones) is 1. The van der Waals surface area contributed by atoms with Crippen molar-refractivity contribution in [1.82, 2.24) is 73.7 Å². The van der Waals surface area contributed by atoms with Crippen LogP contribution in [0.25, 0.3) is 10.9 Å². The molecule has 2 aromatic rings. The second-order valence-corrected chi connectivity index (χ2v) is 24.8. The molecule has 1 aliphatic heterocycles. The first kappa shape index (κ1) is 86.8. The van der Waals surface area contributed by atoms with E-state index in [2.05, 4.69) is 63.5 Å². The molecule has 0 spiro atoms. The summed E-state index contributed by atoms with van der Waals surface area (Å²) in [5.74, 6) is -28.0. The number of carbonyl (C=O) groups is 19. The number of rotatable bonds is 29. The van der Waals surface area contributed by atoms with Crippen LogP contribution in [-0.4, -0.2) is 249 Å². The van der Waals surface area contributed by atoms with Crippen LogP contribution in [0.15, 0.2) is 30.5 Å². The largest absolute Gasteiger partial charge is 0.481 e. The summed E-state index contributed by atoms with van der Waals surface area (Å²) in [6.07, 6.45) is -7.02. The van der Waals surface area contributed by atoms with Crippen LogP contribution in [0.3, 0.4) is 0 Å². The number of aromatic amines is 1. The normalized spacial score (nSPS) is 22.7. The number of hydrogen-bond acceptors (Lipinski definition) is 22. The van der Waals surface area contributed by atoms with Crippen molar-refractivity contribution >= 4 is 123 Å². The molecule has 0 radical (unpaired) electrons. The average Bonchev–Trinajstić information content (AvgIpc) is 1.63. The molecule has 1 aromatic heterocycles. The number of esters is 1. The van der Waals surface area contributed by atoms with Gasteiger partial charge in [0.25, 0.3) is 0 Å². The number of para-hydroxylation sites is 1. The molecule has 14 amide bonds. The predicted octanol–water partition coefficient (Wildman–Crippen LogP) is -7.46. The summed E-state index contributed by atoms with van der Waals surface area (Å²) in [5.41, 5.74) is 18.0. The van der Waals surface area contributed by atoms with E-state index in [4.69, 9.17) is 21.9 Å². The zero-order chi connectivity index (χ0) is 78.4. The van der Waals surface area contributed by atoms with E-state index in [1.807, 2.05) is 5.32 Å². The van der Waals surface area contributed by atoms with Gasteiger partial charge in [-0.25, -0.2) is 4.79 Å². The number of ether oxygens (including phenoxy) is 1. The van der Waals surface area contributed by atoms with E-state index >= 15 is 0 Å². The van der Waals surface area contributed by atoms with Crippen molar-refractivity contribution in [2.45, 2.75) is 184 Å². The number of fused-ring (bicyclic) bond motifs is 1. The Balaban J connectivity index is 2.24. The highest BCUT2D eigenvalue weighted by Gasteiger charge is 2.42. The molecule has 0 aliphatic carbocycles. The molecule has 0 saturated carbocycles. The summed E-state index contributed by atoms with van der Waals surface area (Å²) in [7, 11) is 2.40. The minimum atomic E-state index is -2.23. The maximum Gasteiger partial charge on any atom is 0.329 e. The van der Waals surface area contributed by atoms with Crippen LogP contribution in [0.4, 0.5) is 0 Å². The molecule has 14 unspecified atom stereocenters. The molecule has 104 heavy (non-hydrogen) atoms. The number of nitrogens with one attached hydrogen (secondary N) is 13. The number of amides is 14. The van der Waals surface area contributed by atoms with Gasteiger partial charge in [-0.05, 0) is 83.0 Å². The van der Waals surface area contributed by atoms with Gasteiger partial charge in [-0.3, -0.25) is 86.3 Å². The van der Waals surface area contributed by atoms with E-state index < -0.39 is 255 Å². The number of carboxylic acids is 4. The zero-order valence-electron chi connectivity index (χ0n) is 58.2. The summed E-state index contributed by atoms with van der Waals surface area (Å²) in [6.45, 7) is 3.99. The van der Waals surface area contributed by atoms with Crippen LogP contribution in [0.2, 0.25) is 0 Å². The third-order valence-electron chi connectivity index (χ3n) is 16.4. The van der Waals surface area contributed by atoms with Gasteiger partial charge in [0.2, 0.25) is 82.7 Å². The Labute approximate surface area is 594 Å². The maximum absolute atomic E-state index is 14.8. The van der Waals surface area contributed by atoms with Crippen LogP contribution in [0.1, 0.15) is 111 Å². The first-order chi connectivity index (χ1) is 48.8. The number of nitrogens with two attached hydrogens (primary N) is 3. The maximum atomic E-state index is 14.8. The predicted molar refractivity (Wildman–Crippen MR) is 359 cm³/mol. The lowest BCUT2D eigenvalue weighted by Crippen LogP contribution is -2.62. The van der Waals surface area contributed by atoms with Crippen molar-refractivity contribution in [1.29, 1.82) is 0 Å². The topological polar surface area (TPSA) is 656 Å². The van der Waals surface area contributed by atoms with Gasteiger partial charge in [-0.1, -0.05) is 45.4 Å². The number of nitrogens with zero attached hydrogens (tertiary/aromatic N) is 1. The Morgan fingerprint density at radius 3 is 1.77 bits per heavy atom. The fraction of sp³-hybridized carbons (Fsp3) is 0.571. The summed E-state index contributed by atoms with van der Waals surface area (Å²) in [5, 5.41) is 67.1. The van der Waals surface area contributed by atoms with Gasteiger partial charge >= 0.3 is 29.8 Å². The quantitative estimate of drug-likeness (QED) is 0.0266. The Morgan fingerprint density at radius 2 is 1.18 bits per heavy atom. The molecular weight excluding hydrogens is 1380 g/mol. The number of carboxylic acid groups (broad SMARTS) is 4. The molecule has 574 valence electrons. The van der Waals surface area contributed by atoms with Crippen LogP contribution in [0, 0.1) is 11.8 Å². The van der Waals surface area contributed by atoms with E-state index in [9.17, 15) is 112 Å². The lowest BCUT2D eigenvalue weighted by molar-refractivity contribution is -0.159. The number of carbonyl (C=O) groups excluding carboxylic acids is 15. The second-order valence-electron chi connectivity index (χ2n) is 24.8. The summed E-state index contributed by atoms with van der Waals surface area (Å²) >= 11 is 0. The highest BCUT2D eigenvalue weighted by molar-refractivity contribution is 6.01. The van der Waals surface area contributed by atoms with Gasteiger partial charge in [0, 0.05) is 30.6 Å². The first-order valence-corrected chi connectivity index (χ1v) is 32.9. The Bertz CT molecular complexity index is 3510. The number of benzene rings is 1. The number of likely N-dealkylation sites (N-methyl/N-ethyl adjacent to an activating group) is 2. The third kappa shape index (κ3) is 28.6. The van der Waals surface area contributed by atoms with Gasteiger partial charge in [0.15, 0.2) is 0 Å². The third-order valence-corrected chi connectivity index (χ3v) is 16.4. The number of H-pyrrole nitrogens is 1. The van der Waals surface area contributed by atoms with E-state index in [1.54, 1.807) is 30.5 Å². The molecular formula is C63H93N17O24. The Hall–Kier alpha value is -11.4. The van der Waals surface area contributed by atoms with Gasteiger partial charge in [0.05, 0.1) is 51.2 Å². The van der Waals surface area contributed by atoms with Crippen molar-refractivity contribution in [2.75, 3.05) is 33.7 Å². The highest BCUT2D eigenvalue weighted by atomic mass is 16.5. The molecule has 14 atom stereocenters. The van der Waals surface area contributed by atoms with Gasteiger partial charge in [-0.15, -0.1) is 0 Å². The molecule has 1 saturated heterocycles. The molecule has 1 aliphatic rings. The Kier molecular flexibility index (Phi) is 35.2. The molecule has 1 aromatic carbocycles. The molecule has 41 heteroatoms. The smallest absolute Gasteiger partial charge is 0.329 e. The monoisotopic (exact) mass is 1470 g/mol. The number of aliphatic carboxylic acids is 4. The molecule has 3 rings (SSSR count). The van der Waals surface area contributed by atoms with Gasteiger partial charge in [-0.2, -0.15) is 0 Å². The lowest BCUT2D eigenvalue weighted by Gasteiger charge is -2.32. The molecule has 23 N–H and O–H groups in total. The van der Waals surface area contributed by atoms with E-state index in [1.165, 1.54) is 27.8 Å². The van der Waals surface area contributed by atoms with Crippen molar-refractivity contribution in [3.63, 3.8) is 0 Å². The number of primary amides is 2. The molecule has 1 fully saturated rings. The van der Waals surface area contributed by atoms with Crippen LogP contribution >= 0.6 is 0 Å². The minimum Gasteiger partial charge on any atom is -0.481 e. The second kappa shape index (κ2) is 42.1. The molecule has 41 nitrogen and oxygen atoms in total. The van der Waals surface area contributed by atoms with Crippen molar-refractivity contribution in [3.05, 3.63) is 36.0 Å². The number of aromatic nitrogens is 1. The number of unbranched alkanes of at least 4 members (excludes halogenated alkanes) is 1. The van der Waals surface area contributed by atoms with E-state index in [0.29, 0.717) is 10.5 Å². The van der Waals surface area contributed by atoms with Gasteiger partial charge < -0.3 is 116 Å². The van der Waals surface area contributed by atoms with Crippen molar-refractivity contribution in [2.24, 2.45) is 29.0 Å². The summed E-state index contributed by atoms with van der Waals surface area (Å²) in [4.78, 5) is 260. The lowest BCUT2D eigenvalue weighted by atomic mass is 9.94. The van der Waals surface area contributed by atoms with E-state index in [0.717, 1.165) is 31.8 Å². The van der Waals surface area contributed by atoms with Crippen LogP contribution in [0.5, 0.6) is 0 Å². The first-order valence-electron chi connectivity index (χ1n) is 32.9. The fourth-order valence-electron chi connectivity index (χ4n) is 10.5. The van der Waals surface area contributed by atoms with Crippen molar-refractivity contribution in [3.8, 4) is 0 Å². The zero-order valence-corrected chi connectivity index (χ0v) is 58.2. The highest BCUT2D eigenvalue weighted by Crippen LogP contribution is 2.21. The fourth-order valence-corrected chi connectivity index (χ4v) is 10.5. The molecule has 0 bridgehead atoms. The minimum absolute atomic E-state index is 0.0154. The van der Waals surface area contributed by atoms with Crippen LogP contribution < -0.4 is 81.0 Å². The number of hydrogen-bond donors (Lipinski definition) is 20. The molecule has 2 heterocycles. The van der Waals surface area contributed by atoms with Crippen molar-refractivity contribution < 1.29 is 116 Å². The average molecular weight is 1470 g/mol. The summed E-state index contributed by atoms with van der Waals surface area (Å²) < 4.78 is 5.77. The van der Waals surface area contributed by atoms with Gasteiger partial charge in [0.1, 0.15) is 66.5 Å². The standard InChI is InChI=1S/C63H93N17O24/c1-8-28(2)51-63(103)104-31(5)52(79-60(100)39(22-43(66)82)75-56(96)36(16-17-46(85)86)73-57(97)37(67-6)20-32-25-68-34-14-10-9-13-33(32)34)62(102)80(7)27-45(84)70-30(4)53(93)74-41(24-49(91)92)58(98)72-35(15-11-12-18-64)55(95)76-40(23-48(89)90)54(94)69-26-44(83)71-38(21-42(65)81)59(99)77-50(61(101)78-51)29(3)19-47(87)88/h9-10,13-14,25,28-31,35-41,50-52,67-68H,8,11-12,15-24,26-27,64H2,1-7H3,(H2,65,81)(H2,66,82)(H,69,94)(H,70,84)(H,71,83)(H,72,98)(H,73,97)(H,74,93)(H,75,96)(H,76,95)(H,77,99)(H,78,101)(H,79,100)(H,85,86)(H,87,88)(H,89,90)(H,91,92). The van der Waals surface area contributed by atoms with Crippen LogP contribution in [-0.2, 0) is 102 Å². The van der Waals surface area contributed by atoms with E-state index in [-0.39, 0.29) is 38.6 Å².